The van der Waals surface area contributed by atoms with E-state index >= 15 is 0 Å². The third kappa shape index (κ3) is 107. The Kier molecular flexibility index (Phi) is 80.1. The SMILES string of the molecule is CC(=O)C(=O)O.COCC[NH2+]CCOC.COCC[NH2+]CCOC.COCC[NH2+]CCOC.COCC[NH2+]CCOC.O=C(O)CCC(=O)O.O=C([O-])/C=C/C(=O)[O-].O=C([O-])CC(O)(CC(=O)[O-])C(=O)O. The highest BCUT2D eigenvalue weighted by atomic mass is 16.5. The lowest BCUT2D eigenvalue weighted by molar-refractivity contribution is -0.657. The second-order valence-corrected chi connectivity index (χ2v) is 13.0. The van der Waals surface area contributed by atoms with Crippen LogP contribution in [0.3, 0.4) is 0 Å². The standard InChI is InChI=1S/4C6H15NO2.C6H8O7.C4H6O4.C4H4O4.C3H4O3/c4*1-8-5-3-7-4-6-9-2;7-3(8)1-6(13,5(11)12)2-4(9)10;2*5-3(6)1-2-4(7)8;1-2(4)3(5)6/h4*7H,3-6H2,1-2H3;13H,1-2H2,(H,7,8)(H,9,10)(H,11,12);1-2H2,(H,5,6)(H,7,8);1-2H,(H,5,6)(H,7,8);1H3,(H,5,6)/b;;;;;;2-1+;. The first-order valence-electron chi connectivity index (χ1n) is 21.1. The lowest BCUT2D eigenvalue weighted by atomic mass is 9.96. The minimum atomic E-state index is -2.86. The summed E-state index contributed by atoms with van der Waals surface area (Å²) in [5, 5.41) is 88.2. The van der Waals surface area contributed by atoms with Crippen molar-refractivity contribution in [2.45, 2.75) is 38.2 Å². The molecule has 0 radical (unpaired) electrons. The van der Waals surface area contributed by atoms with Gasteiger partial charge in [0.25, 0.3) is 0 Å². The molecule has 13 N–H and O–H groups in total. The number of quaternary nitrogens is 4. The van der Waals surface area contributed by atoms with Gasteiger partial charge in [-0.3, -0.25) is 14.4 Å². The first kappa shape index (κ1) is 82.6. The van der Waals surface area contributed by atoms with Gasteiger partial charge in [0.05, 0.1) is 130 Å². The molecule has 0 saturated heterocycles. The van der Waals surface area contributed by atoms with E-state index in [0.717, 1.165) is 112 Å². The van der Waals surface area contributed by atoms with E-state index in [2.05, 4.69) is 21.3 Å². The van der Waals surface area contributed by atoms with Crippen molar-refractivity contribution in [3.05, 3.63) is 12.2 Å². The summed E-state index contributed by atoms with van der Waals surface area (Å²) in [4.78, 5) is 87.2. The van der Waals surface area contributed by atoms with Crippen molar-refractivity contribution in [1.82, 2.24) is 0 Å². The minimum absolute atomic E-state index is 0.296. The molecule has 0 amide bonds. The molecule has 0 spiro atoms. The van der Waals surface area contributed by atoms with Crippen LogP contribution < -0.4 is 41.7 Å². The smallest absolute Gasteiger partial charge is 0.371 e. The third-order valence-corrected chi connectivity index (χ3v) is 6.69. The number of hydrogen-bond acceptors (Lipinski definition) is 22. The largest absolute Gasteiger partial charge is 0.550 e. The van der Waals surface area contributed by atoms with Crippen molar-refractivity contribution < 1.29 is 148 Å². The van der Waals surface area contributed by atoms with E-state index in [0.29, 0.717) is 12.2 Å². The van der Waals surface area contributed by atoms with Gasteiger partial charge >= 0.3 is 23.9 Å². The second kappa shape index (κ2) is 68.9. The molecule has 0 aromatic rings. The van der Waals surface area contributed by atoms with Gasteiger partial charge in [-0.05, 0) is 12.2 Å². The first-order valence-corrected chi connectivity index (χ1v) is 21.1. The quantitative estimate of drug-likeness (QED) is 0.0162. The van der Waals surface area contributed by atoms with Gasteiger partial charge in [-0.1, -0.05) is 0 Å². The maximum atomic E-state index is 10.3. The summed E-state index contributed by atoms with van der Waals surface area (Å²) >= 11 is 0. The minimum Gasteiger partial charge on any atom is -0.550 e. The predicted octanol–water partition coefficient (Wildman–Crippen LogP) is -11.9. The monoisotopic (exact) mass is 1050 g/mol. The molecule has 0 rings (SSSR count). The predicted molar refractivity (Wildman–Crippen MR) is 235 cm³/mol. The second-order valence-electron chi connectivity index (χ2n) is 13.0. The summed E-state index contributed by atoms with van der Waals surface area (Å²) in [5.74, 6) is -13.1. The van der Waals surface area contributed by atoms with Crippen molar-refractivity contribution in [2.75, 3.05) is 162 Å². The van der Waals surface area contributed by atoms with Crippen LogP contribution in [0, 0.1) is 0 Å². The number of carbonyl (C=O) groups is 9. The number of Topliss-reactive ketones (excluding diaryl/α,β-unsaturated/α-hetero) is 1. The van der Waals surface area contributed by atoms with Crippen molar-refractivity contribution >= 4 is 53.5 Å². The fraction of sp³-hybridized carbons (Fsp3) is 0.732. The highest BCUT2D eigenvalue weighted by molar-refractivity contribution is 6.31. The molecule has 0 aromatic heterocycles. The molecule has 0 aromatic carbocycles. The Labute approximate surface area is 413 Å². The Morgan fingerprint density at radius 2 is 0.606 bits per heavy atom. The van der Waals surface area contributed by atoms with Gasteiger partial charge in [-0.25, -0.2) is 9.59 Å². The number of rotatable bonds is 35. The van der Waals surface area contributed by atoms with Gasteiger partial charge in [0.15, 0.2) is 5.60 Å². The number of carbonyl (C=O) groups excluding carboxylic acids is 5. The average Bonchev–Trinajstić information content (AvgIpc) is 3.28. The van der Waals surface area contributed by atoms with Crippen LogP contribution in [0.1, 0.15) is 32.6 Å². The van der Waals surface area contributed by atoms with Crippen LogP contribution in [-0.2, 0) is 81.0 Å². The van der Waals surface area contributed by atoms with E-state index in [4.69, 9.17) is 63.4 Å². The van der Waals surface area contributed by atoms with Crippen molar-refractivity contribution in [1.29, 1.82) is 0 Å². The molecule has 30 heteroatoms. The van der Waals surface area contributed by atoms with Gasteiger partial charge < -0.3 is 124 Å². The van der Waals surface area contributed by atoms with Crippen LogP contribution >= 0.6 is 0 Å². The van der Waals surface area contributed by atoms with E-state index < -0.39 is 72.0 Å². The number of aliphatic hydroxyl groups is 1. The molecular formula is C41H82N4O26. The molecule has 0 aliphatic carbocycles. The summed E-state index contributed by atoms with van der Waals surface area (Å²) in [5.41, 5.74) is -2.86. The van der Waals surface area contributed by atoms with Crippen LogP contribution in [-0.4, -0.2) is 247 Å². The van der Waals surface area contributed by atoms with Gasteiger partial charge in [0.1, 0.15) is 0 Å². The number of methoxy groups -OCH3 is 8. The van der Waals surface area contributed by atoms with E-state index in [9.17, 15) is 63.6 Å². The molecule has 0 fully saturated rings. The van der Waals surface area contributed by atoms with Crippen LogP contribution in [0.5, 0.6) is 0 Å². The highest BCUT2D eigenvalue weighted by Crippen LogP contribution is 2.14. The van der Waals surface area contributed by atoms with Gasteiger partial charge in [-0.15, -0.1) is 0 Å². The zero-order valence-corrected chi connectivity index (χ0v) is 42.4. The third-order valence-electron chi connectivity index (χ3n) is 6.69. The highest BCUT2D eigenvalue weighted by Gasteiger charge is 2.36. The summed E-state index contributed by atoms with van der Waals surface area (Å²) in [6.07, 6.45) is -2.41. The fourth-order valence-corrected chi connectivity index (χ4v) is 3.23. The average molecular weight is 1050 g/mol. The van der Waals surface area contributed by atoms with Crippen LogP contribution in [0.4, 0.5) is 0 Å². The van der Waals surface area contributed by atoms with Crippen LogP contribution in [0.2, 0.25) is 0 Å². The molecule has 0 saturated carbocycles. The van der Waals surface area contributed by atoms with E-state index in [-0.39, 0.29) is 12.8 Å². The number of ether oxygens (including phenoxy) is 8. The van der Waals surface area contributed by atoms with Crippen molar-refractivity contribution in [2.24, 2.45) is 0 Å². The van der Waals surface area contributed by atoms with E-state index in [1.165, 1.54) is 0 Å². The maximum absolute atomic E-state index is 10.3. The summed E-state index contributed by atoms with van der Waals surface area (Å²) in [6.45, 7) is 15.8. The summed E-state index contributed by atoms with van der Waals surface area (Å²) in [6, 6.07) is 0. The Morgan fingerprint density at radius 1 is 0.423 bits per heavy atom. The topological polar surface area (TPSA) is 487 Å². The number of ketones is 1. The Bertz CT molecular complexity index is 1190. The van der Waals surface area contributed by atoms with Crippen molar-refractivity contribution in [3.63, 3.8) is 0 Å². The fourth-order valence-electron chi connectivity index (χ4n) is 3.23. The molecule has 0 aliphatic heterocycles. The number of carboxylic acid groups (broad SMARTS) is 8. The van der Waals surface area contributed by atoms with E-state index in [1.807, 2.05) is 0 Å². The molecule has 0 unspecified atom stereocenters. The summed E-state index contributed by atoms with van der Waals surface area (Å²) in [7, 11) is 13.7. The van der Waals surface area contributed by atoms with Crippen LogP contribution in [0.25, 0.3) is 0 Å². The maximum Gasteiger partial charge on any atom is 0.371 e. The van der Waals surface area contributed by atoms with Gasteiger partial charge in [0.2, 0.25) is 5.78 Å². The Balaban J connectivity index is -0.000000107. The zero-order chi connectivity index (χ0) is 56.7. The molecule has 30 nitrogen and oxygen atoms in total. The number of nitrogens with two attached hydrogens (primary N) is 4. The number of hydrogen-bond donors (Lipinski definition) is 9. The Morgan fingerprint density at radius 3 is 0.704 bits per heavy atom. The summed E-state index contributed by atoms with van der Waals surface area (Å²) < 4.78 is 38.8. The molecule has 0 heterocycles. The number of carboxylic acids is 8. The first-order chi connectivity index (χ1) is 33.3. The molecule has 0 atom stereocenters. The molecule has 422 valence electrons. The van der Waals surface area contributed by atoms with Gasteiger partial charge in [0, 0.05) is 88.6 Å². The van der Waals surface area contributed by atoms with Gasteiger partial charge in [-0.2, -0.15) is 0 Å². The molecule has 0 aliphatic rings. The Hall–Kier alpha value is -5.35. The lowest BCUT2D eigenvalue weighted by Crippen LogP contribution is -2.86. The molecular weight excluding hydrogens is 964 g/mol. The lowest BCUT2D eigenvalue weighted by Gasteiger charge is -2.23. The number of aliphatic carboxylic acids is 8. The van der Waals surface area contributed by atoms with Crippen LogP contribution in [0.15, 0.2) is 12.2 Å². The van der Waals surface area contributed by atoms with E-state index in [1.54, 1.807) is 56.9 Å². The molecule has 0 bridgehead atoms. The van der Waals surface area contributed by atoms with Crippen molar-refractivity contribution in [3.8, 4) is 0 Å². The molecule has 71 heavy (non-hydrogen) atoms. The zero-order valence-electron chi connectivity index (χ0n) is 42.4. The normalized spacial score (nSPS) is 9.72.